The van der Waals surface area contributed by atoms with Crippen molar-refractivity contribution in [3.8, 4) is 5.75 Å². The molecule has 230 valence electrons. The van der Waals surface area contributed by atoms with Gasteiger partial charge in [0.1, 0.15) is 5.75 Å². The number of nitrogens with zero attached hydrogens (tertiary/aromatic N) is 2. The average Bonchev–Trinajstić information content (AvgIpc) is 2.97. The third-order valence-corrected chi connectivity index (χ3v) is 8.97. The Bertz CT molecular complexity index is 1170. The lowest BCUT2D eigenvalue weighted by Gasteiger charge is -2.33. The Labute approximate surface area is 260 Å². The van der Waals surface area contributed by atoms with E-state index >= 15 is 0 Å². The number of benzene rings is 2. The van der Waals surface area contributed by atoms with Crippen LogP contribution in [0.25, 0.3) is 0 Å². The molecule has 1 unspecified atom stereocenters. The van der Waals surface area contributed by atoms with Gasteiger partial charge in [-0.05, 0) is 55.2 Å². The Morgan fingerprint density at radius 1 is 0.952 bits per heavy atom. The van der Waals surface area contributed by atoms with Gasteiger partial charge >= 0.3 is 0 Å². The number of anilines is 1. The summed E-state index contributed by atoms with van der Waals surface area (Å²) in [4.78, 5) is 19.3. The first-order valence-corrected chi connectivity index (χ1v) is 16.7. The molecular formula is C37H53ClN2O2. The van der Waals surface area contributed by atoms with E-state index in [9.17, 15) is 4.79 Å². The fourth-order valence-electron chi connectivity index (χ4n) is 5.71. The number of hydrogen-bond donors (Lipinski definition) is 0. The topological polar surface area (TPSA) is 41.9 Å². The lowest BCUT2D eigenvalue weighted by Crippen LogP contribution is -2.31. The number of carbonyl (C=O) groups is 1. The van der Waals surface area contributed by atoms with E-state index in [0.717, 1.165) is 36.2 Å². The van der Waals surface area contributed by atoms with Crippen molar-refractivity contribution in [1.29, 1.82) is 0 Å². The molecule has 1 aliphatic heterocycles. The summed E-state index contributed by atoms with van der Waals surface area (Å²) in [5.41, 5.74) is 4.34. The minimum atomic E-state index is -0.0670. The summed E-state index contributed by atoms with van der Waals surface area (Å²) in [6, 6.07) is 14.1. The Morgan fingerprint density at radius 2 is 1.60 bits per heavy atom. The van der Waals surface area contributed by atoms with Crippen LogP contribution in [-0.2, 0) is 17.8 Å². The standard InChI is InChI=1S/C37H53ClN2O2/c1-5-6-7-8-9-10-11-12-13-14-15-18-25-42-36-26-32(21-22-34(36)38)28-40(31(3)41)35-20-17-16-19-33(35)27-37(4)29-39-24-23-30(37)2/h16-17,19-24,26H,5-15,18,25,27-29H2,1-4H3. The van der Waals surface area contributed by atoms with Crippen LogP contribution in [0.4, 0.5) is 5.69 Å². The van der Waals surface area contributed by atoms with Gasteiger partial charge in [-0.2, -0.15) is 0 Å². The number of halogens is 1. The Hall–Kier alpha value is -2.59. The highest BCUT2D eigenvalue weighted by Crippen LogP contribution is 2.37. The van der Waals surface area contributed by atoms with E-state index in [4.69, 9.17) is 16.3 Å². The number of para-hydroxylation sites is 1. The molecule has 0 saturated heterocycles. The van der Waals surface area contributed by atoms with Gasteiger partial charge in [0.2, 0.25) is 5.91 Å². The van der Waals surface area contributed by atoms with Crippen molar-refractivity contribution in [3.63, 3.8) is 0 Å². The van der Waals surface area contributed by atoms with Crippen molar-refractivity contribution in [1.82, 2.24) is 0 Å². The number of carbonyl (C=O) groups excluding carboxylic acids is 1. The van der Waals surface area contributed by atoms with Gasteiger partial charge in [-0.3, -0.25) is 9.79 Å². The molecule has 0 aromatic heterocycles. The molecule has 42 heavy (non-hydrogen) atoms. The Morgan fingerprint density at radius 3 is 2.24 bits per heavy atom. The van der Waals surface area contributed by atoms with Crippen molar-refractivity contribution in [2.45, 2.75) is 118 Å². The van der Waals surface area contributed by atoms with Crippen LogP contribution in [0.15, 0.2) is 59.1 Å². The maximum Gasteiger partial charge on any atom is 0.224 e. The summed E-state index contributed by atoms with van der Waals surface area (Å²) < 4.78 is 6.11. The highest BCUT2D eigenvalue weighted by molar-refractivity contribution is 6.32. The number of rotatable bonds is 19. The van der Waals surface area contributed by atoms with Gasteiger partial charge in [0, 0.05) is 30.8 Å². The van der Waals surface area contributed by atoms with Crippen LogP contribution in [0, 0.1) is 5.41 Å². The number of amides is 1. The number of allylic oxidation sites excluding steroid dienone is 1. The highest BCUT2D eigenvalue weighted by Gasteiger charge is 2.30. The van der Waals surface area contributed by atoms with Gasteiger partial charge < -0.3 is 9.64 Å². The summed E-state index contributed by atoms with van der Waals surface area (Å²) in [7, 11) is 0. The minimum Gasteiger partial charge on any atom is -0.492 e. The molecule has 2 aromatic carbocycles. The third-order valence-electron chi connectivity index (χ3n) is 8.66. The van der Waals surface area contributed by atoms with Crippen LogP contribution in [0.3, 0.4) is 0 Å². The van der Waals surface area contributed by atoms with Gasteiger partial charge in [-0.1, -0.05) is 126 Å². The molecule has 0 spiro atoms. The minimum absolute atomic E-state index is 0.00967. The van der Waals surface area contributed by atoms with Crippen LogP contribution >= 0.6 is 11.6 Å². The molecule has 3 rings (SSSR count). The van der Waals surface area contributed by atoms with Gasteiger partial charge in [0.15, 0.2) is 0 Å². The van der Waals surface area contributed by atoms with E-state index in [2.05, 4.69) is 44.0 Å². The largest absolute Gasteiger partial charge is 0.492 e. The molecular weight excluding hydrogens is 540 g/mol. The second-order valence-corrected chi connectivity index (χ2v) is 12.7. The van der Waals surface area contributed by atoms with Crippen molar-refractivity contribution >= 4 is 29.4 Å². The Kier molecular flexibility index (Phi) is 14.7. The monoisotopic (exact) mass is 592 g/mol. The molecule has 1 amide bonds. The van der Waals surface area contributed by atoms with E-state index in [0.29, 0.717) is 23.9 Å². The number of unbranched alkanes of at least 4 members (excludes halogenated alkanes) is 11. The van der Waals surface area contributed by atoms with Crippen molar-refractivity contribution in [2.24, 2.45) is 10.4 Å². The summed E-state index contributed by atoms with van der Waals surface area (Å²) in [6.07, 6.45) is 20.6. The zero-order valence-corrected chi connectivity index (χ0v) is 27.4. The van der Waals surface area contributed by atoms with Crippen molar-refractivity contribution < 1.29 is 9.53 Å². The molecule has 0 radical (unpaired) electrons. The lowest BCUT2D eigenvalue weighted by molar-refractivity contribution is -0.116. The first-order chi connectivity index (χ1) is 20.3. The summed E-state index contributed by atoms with van der Waals surface area (Å²) in [5, 5.41) is 0.612. The predicted molar refractivity (Wildman–Crippen MR) is 180 cm³/mol. The van der Waals surface area contributed by atoms with Gasteiger partial charge in [-0.25, -0.2) is 0 Å². The van der Waals surface area contributed by atoms with Crippen LogP contribution in [-0.4, -0.2) is 25.3 Å². The quantitative estimate of drug-likeness (QED) is 0.152. The maximum absolute atomic E-state index is 12.9. The predicted octanol–water partition coefficient (Wildman–Crippen LogP) is 10.6. The van der Waals surface area contributed by atoms with Gasteiger partial charge in [0.05, 0.1) is 18.2 Å². The van der Waals surface area contributed by atoms with E-state index in [1.54, 1.807) is 6.92 Å². The van der Waals surface area contributed by atoms with Crippen LogP contribution in [0.5, 0.6) is 5.75 Å². The molecule has 1 heterocycles. The normalized spacial score (nSPS) is 16.4. The van der Waals surface area contributed by atoms with E-state index in [-0.39, 0.29) is 11.3 Å². The fraction of sp³-hybridized carbons (Fsp3) is 0.568. The first kappa shape index (κ1) is 33.9. The van der Waals surface area contributed by atoms with E-state index in [1.165, 1.54) is 76.2 Å². The molecule has 1 atom stereocenters. The number of hydrogen-bond acceptors (Lipinski definition) is 3. The molecule has 5 heteroatoms. The van der Waals surface area contributed by atoms with E-state index in [1.807, 2.05) is 41.4 Å². The molecule has 0 N–H and O–H groups in total. The number of aliphatic imine (C=N–C) groups is 1. The second kappa shape index (κ2) is 18.2. The first-order valence-electron chi connectivity index (χ1n) is 16.3. The fourth-order valence-corrected chi connectivity index (χ4v) is 5.89. The summed E-state index contributed by atoms with van der Waals surface area (Å²) in [6.45, 7) is 10.2. The van der Waals surface area contributed by atoms with Crippen LogP contribution < -0.4 is 9.64 Å². The number of ether oxygens (including phenoxy) is 1. The molecule has 0 saturated carbocycles. The van der Waals surface area contributed by atoms with E-state index < -0.39 is 0 Å². The molecule has 1 aliphatic rings. The SMILES string of the molecule is CCCCCCCCCCCCCCOc1cc(CN(C(C)=O)c2ccccc2CC2(C)CN=CC=C2C)ccc1Cl. The van der Waals surface area contributed by atoms with Crippen LogP contribution in [0.2, 0.25) is 5.02 Å². The van der Waals surface area contributed by atoms with Crippen LogP contribution in [0.1, 0.15) is 116 Å². The molecule has 0 bridgehead atoms. The number of dihydropyridines is 1. The van der Waals surface area contributed by atoms with Gasteiger partial charge in [0.25, 0.3) is 0 Å². The average molecular weight is 593 g/mol. The maximum atomic E-state index is 12.9. The zero-order valence-electron chi connectivity index (χ0n) is 26.6. The Balaban J connectivity index is 1.50. The molecule has 4 nitrogen and oxygen atoms in total. The molecule has 2 aromatic rings. The zero-order chi connectivity index (χ0) is 30.2. The molecule has 0 aliphatic carbocycles. The second-order valence-electron chi connectivity index (χ2n) is 12.3. The van der Waals surface area contributed by atoms with Gasteiger partial charge in [-0.15, -0.1) is 0 Å². The molecule has 0 fully saturated rings. The summed E-state index contributed by atoms with van der Waals surface area (Å²) in [5.74, 6) is 0.706. The smallest absolute Gasteiger partial charge is 0.224 e. The summed E-state index contributed by atoms with van der Waals surface area (Å²) >= 11 is 6.50. The third kappa shape index (κ3) is 10.9. The van der Waals surface area contributed by atoms with Crippen molar-refractivity contribution in [3.05, 3.63) is 70.3 Å². The highest BCUT2D eigenvalue weighted by atomic mass is 35.5. The lowest BCUT2D eigenvalue weighted by atomic mass is 9.76. The van der Waals surface area contributed by atoms with Crippen molar-refractivity contribution in [2.75, 3.05) is 18.1 Å².